The Morgan fingerprint density at radius 2 is 1.75 bits per heavy atom. The number of ether oxygens (including phenoxy) is 3. The summed E-state index contributed by atoms with van der Waals surface area (Å²) in [5.41, 5.74) is 5.44. The normalized spacial score (nSPS) is 20.3. The quantitative estimate of drug-likeness (QED) is 0.155. The number of fused-ring (bicyclic) bond motifs is 2. The molecule has 2 aliphatic heterocycles. The van der Waals surface area contributed by atoms with Gasteiger partial charge in [0.05, 0.1) is 28.7 Å². The van der Waals surface area contributed by atoms with Gasteiger partial charge in [-0.3, -0.25) is 4.79 Å². The molecule has 3 aliphatic rings. The van der Waals surface area contributed by atoms with Crippen LogP contribution in [0.2, 0.25) is 0 Å². The number of carbonyl (C=O) groups is 2. The lowest BCUT2D eigenvalue weighted by Gasteiger charge is -2.27. The molecule has 0 spiro atoms. The largest absolute Gasteiger partial charge is 0.474 e. The SMILES string of the molecule is Cc1cn2cc(C(=O)N3C[C@@H]4C(Oc5cc(C(C)(C)NC(=O)OCc6ccccc6)cc(-c6ccc(F)cc6)n5)[C@@H]4C3)cc(-c3cnn(C4CCCCO4)n3)c2n1. The van der Waals surface area contributed by atoms with Crippen LogP contribution >= 0.6 is 0 Å². The number of carbonyl (C=O) groups excluding carboxylic acids is 2. The molecule has 2 amide bonds. The van der Waals surface area contributed by atoms with Crippen molar-refractivity contribution in [2.24, 2.45) is 11.8 Å². The highest BCUT2D eigenvalue weighted by atomic mass is 19.1. The molecule has 57 heavy (non-hydrogen) atoms. The van der Waals surface area contributed by atoms with Crippen LogP contribution in [-0.4, -0.2) is 72.1 Å². The van der Waals surface area contributed by atoms with Crippen LogP contribution in [-0.2, 0) is 21.6 Å². The van der Waals surface area contributed by atoms with Crippen molar-refractivity contribution in [1.82, 2.24) is 39.6 Å². The molecular weight excluding hydrogens is 728 g/mol. The summed E-state index contributed by atoms with van der Waals surface area (Å²) in [6.07, 6.45) is 7.46. The highest BCUT2D eigenvalue weighted by Gasteiger charge is 2.59. The Hall–Kier alpha value is -6.15. The molecule has 13 nitrogen and oxygen atoms in total. The van der Waals surface area contributed by atoms with Crippen LogP contribution in [0, 0.1) is 24.6 Å². The van der Waals surface area contributed by atoms with Crippen molar-refractivity contribution < 1.29 is 28.2 Å². The van der Waals surface area contributed by atoms with Crippen LogP contribution in [0.4, 0.5) is 9.18 Å². The number of nitrogens with zero attached hydrogens (tertiary/aromatic N) is 7. The molecule has 2 aromatic carbocycles. The second kappa shape index (κ2) is 14.7. The van der Waals surface area contributed by atoms with E-state index in [4.69, 9.17) is 29.3 Å². The van der Waals surface area contributed by atoms with Gasteiger partial charge in [0.15, 0.2) is 6.23 Å². The first kappa shape index (κ1) is 36.5. The number of likely N-dealkylation sites (tertiary alicyclic amines) is 1. The van der Waals surface area contributed by atoms with Gasteiger partial charge in [-0.05, 0) is 87.6 Å². The minimum atomic E-state index is -0.877. The molecule has 9 rings (SSSR count). The smallest absolute Gasteiger partial charge is 0.408 e. The van der Waals surface area contributed by atoms with E-state index in [-0.39, 0.29) is 42.5 Å². The zero-order valence-corrected chi connectivity index (χ0v) is 32.0. The number of hydrogen-bond acceptors (Lipinski definition) is 9. The Morgan fingerprint density at radius 3 is 2.51 bits per heavy atom. The molecule has 6 aromatic rings. The van der Waals surface area contributed by atoms with Gasteiger partial charge in [0.2, 0.25) is 5.88 Å². The molecular formula is C43H43FN8O5. The third-order valence-corrected chi connectivity index (χ3v) is 11.1. The van der Waals surface area contributed by atoms with Crippen molar-refractivity contribution in [2.45, 2.75) is 64.5 Å². The van der Waals surface area contributed by atoms with Gasteiger partial charge in [-0.1, -0.05) is 30.3 Å². The second-order valence-electron chi connectivity index (χ2n) is 15.6. The number of hydrogen-bond donors (Lipinski definition) is 1. The van der Waals surface area contributed by atoms with Crippen LogP contribution in [0.1, 0.15) is 66.5 Å². The predicted molar refractivity (Wildman–Crippen MR) is 208 cm³/mol. The van der Waals surface area contributed by atoms with E-state index in [2.05, 4.69) is 10.4 Å². The molecule has 1 saturated carbocycles. The number of nitrogens with one attached hydrogen (secondary N) is 1. The Bertz CT molecular complexity index is 2430. The number of rotatable bonds is 10. The van der Waals surface area contributed by atoms with Crippen LogP contribution in [0.3, 0.4) is 0 Å². The summed E-state index contributed by atoms with van der Waals surface area (Å²) in [5, 5.41) is 12.2. The number of piperidine rings is 1. The Labute approximate surface area is 328 Å². The average Bonchev–Trinajstić information content (AvgIpc) is 3.68. The average molecular weight is 771 g/mol. The fourth-order valence-corrected chi connectivity index (χ4v) is 7.89. The van der Waals surface area contributed by atoms with Gasteiger partial charge in [-0.15, -0.1) is 0 Å². The summed E-state index contributed by atoms with van der Waals surface area (Å²) >= 11 is 0. The number of pyridine rings is 2. The molecule has 292 valence electrons. The molecule has 2 unspecified atom stereocenters. The van der Waals surface area contributed by atoms with E-state index in [0.717, 1.165) is 41.6 Å². The van der Waals surface area contributed by atoms with Gasteiger partial charge < -0.3 is 28.8 Å². The minimum absolute atomic E-state index is 0.0795. The first-order valence-electron chi connectivity index (χ1n) is 19.3. The third-order valence-electron chi connectivity index (χ3n) is 11.1. The monoisotopic (exact) mass is 770 g/mol. The first-order valence-corrected chi connectivity index (χ1v) is 19.3. The van der Waals surface area contributed by atoms with E-state index in [9.17, 15) is 14.0 Å². The topological polar surface area (TPSA) is 138 Å². The number of halogens is 1. The van der Waals surface area contributed by atoms with Crippen molar-refractivity contribution in [3.63, 3.8) is 0 Å². The predicted octanol–water partition coefficient (Wildman–Crippen LogP) is 7.11. The van der Waals surface area contributed by atoms with Gasteiger partial charge in [-0.25, -0.2) is 19.2 Å². The summed E-state index contributed by atoms with van der Waals surface area (Å²) in [6.45, 7) is 7.56. The summed E-state index contributed by atoms with van der Waals surface area (Å²) in [4.78, 5) is 40.0. The maximum absolute atomic E-state index is 14.1. The van der Waals surface area contributed by atoms with Crippen LogP contribution < -0.4 is 10.1 Å². The summed E-state index contributed by atoms with van der Waals surface area (Å²) in [7, 11) is 0. The lowest BCUT2D eigenvalue weighted by atomic mass is 9.93. The summed E-state index contributed by atoms with van der Waals surface area (Å²) in [6, 6.07) is 21.1. The van der Waals surface area contributed by atoms with Crippen molar-refractivity contribution in [2.75, 3.05) is 19.7 Å². The fourth-order valence-electron chi connectivity index (χ4n) is 7.89. The van der Waals surface area contributed by atoms with E-state index < -0.39 is 11.6 Å². The maximum atomic E-state index is 14.1. The van der Waals surface area contributed by atoms with E-state index in [1.807, 2.05) is 91.0 Å². The number of alkyl carbamates (subject to hydrolysis) is 1. The Balaban J connectivity index is 0.907. The van der Waals surface area contributed by atoms with Crippen molar-refractivity contribution in [3.8, 4) is 28.4 Å². The summed E-state index contributed by atoms with van der Waals surface area (Å²) < 4.78 is 33.7. The second-order valence-corrected chi connectivity index (χ2v) is 15.6. The number of imidazole rings is 1. The molecule has 1 aliphatic carbocycles. The molecule has 0 radical (unpaired) electrons. The van der Waals surface area contributed by atoms with Crippen LogP contribution in [0.25, 0.3) is 28.2 Å². The van der Waals surface area contributed by atoms with Gasteiger partial charge in [-0.2, -0.15) is 15.0 Å². The van der Waals surface area contributed by atoms with E-state index in [0.29, 0.717) is 53.7 Å². The summed E-state index contributed by atoms with van der Waals surface area (Å²) in [5.74, 6) is 0.204. The number of aromatic nitrogens is 6. The maximum Gasteiger partial charge on any atom is 0.408 e. The number of benzene rings is 2. The van der Waals surface area contributed by atoms with Crippen molar-refractivity contribution in [1.29, 1.82) is 0 Å². The van der Waals surface area contributed by atoms with E-state index in [1.165, 1.54) is 12.1 Å². The molecule has 0 bridgehead atoms. The first-order chi connectivity index (χ1) is 27.6. The van der Waals surface area contributed by atoms with Gasteiger partial charge >= 0.3 is 6.09 Å². The van der Waals surface area contributed by atoms with Gasteiger partial charge in [0, 0.05) is 61.1 Å². The highest BCUT2D eigenvalue weighted by Crippen LogP contribution is 2.48. The Kier molecular flexibility index (Phi) is 9.43. The lowest BCUT2D eigenvalue weighted by Crippen LogP contribution is -2.41. The lowest BCUT2D eigenvalue weighted by molar-refractivity contribution is -0.0479. The van der Waals surface area contributed by atoms with Crippen LogP contribution in [0.15, 0.2) is 91.4 Å². The zero-order chi connectivity index (χ0) is 39.3. The highest BCUT2D eigenvalue weighted by molar-refractivity contribution is 5.96. The molecule has 6 heterocycles. The molecule has 2 saturated heterocycles. The number of aryl methyl sites for hydroxylation is 1. The van der Waals surface area contributed by atoms with Crippen LogP contribution in [0.5, 0.6) is 5.88 Å². The molecule has 14 heteroatoms. The van der Waals surface area contributed by atoms with Crippen molar-refractivity contribution >= 4 is 17.6 Å². The number of amides is 2. The Morgan fingerprint density at radius 1 is 0.965 bits per heavy atom. The molecule has 1 N–H and O–H groups in total. The third kappa shape index (κ3) is 7.56. The fraction of sp³-hybridized carbons (Fsp3) is 0.349. The van der Waals surface area contributed by atoms with Gasteiger partial charge in [0.1, 0.15) is 29.9 Å². The standard InChI is InChI=1S/C43H43FN8O5/c1-26-21-50-22-29(17-32(40(50)46-26)36-20-45-52(49-36)38-11-7-8-16-55-38)41(53)51-23-33-34(24-51)39(33)57-37-19-30(18-35(47-37)28-12-14-31(44)15-13-28)43(2,3)48-42(54)56-25-27-9-5-4-6-10-27/h4-6,9-10,12-15,17-22,33-34,38-39H,7-8,11,16,23-25H2,1-3H3,(H,48,54)/t33-,34+,38?,39?. The molecule has 4 atom stereocenters. The molecule has 4 aromatic heterocycles. The molecule has 3 fully saturated rings. The minimum Gasteiger partial charge on any atom is -0.474 e. The van der Waals surface area contributed by atoms with Gasteiger partial charge in [0.25, 0.3) is 5.91 Å². The van der Waals surface area contributed by atoms with Crippen molar-refractivity contribution in [3.05, 3.63) is 120 Å². The van der Waals surface area contributed by atoms with E-state index >= 15 is 0 Å². The van der Waals surface area contributed by atoms with E-state index in [1.54, 1.807) is 23.1 Å². The zero-order valence-electron chi connectivity index (χ0n) is 32.0.